The second-order valence-electron chi connectivity index (χ2n) is 8.39. The normalized spacial score (nSPS) is 13.1. The van der Waals surface area contributed by atoms with Crippen molar-refractivity contribution < 1.29 is 0 Å². The Hall–Kier alpha value is -3.32. The molecule has 2 aromatic heterocycles. The van der Waals surface area contributed by atoms with Crippen molar-refractivity contribution >= 4 is 34.5 Å². The average molecular weight is 471 g/mol. The van der Waals surface area contributed by atoms with Gasteiger partial charge in [0.2, 0.25) is 5.95 Å². The SMILES string of the molecule is CCc1cccc(CC)c1-n1c(NSCCn2c(C)nc3ccccc32)nnc1C1=CC=CC1. The highest BCUT2D eigenvalue weighted by atomic mass is 32.2. The van der Waals surface area contributed by atoms with Crippen LogP contribution in [0.2, 0.25) is 0 Å². The maximum Gasteiger partial charge on any atom is 0.239 e. The largest absolute Gasteiger partial charge is 0.327 e. The lowest BCUT2D eigenvalue weighted by Crippen LogP contribution is -2.10. The number of nitrogens with one attached hydrogen (secondary N) is 1. The molecule has 2 aromatic carbocycles. The second kappa shape index (κ2) is 9.89. The van der Waals surface area contributed by atoms with Crippen LogP contribution in [-0.4, -0.2) is 30.1 Å². The molecular weight excluding hydrogens is 440 g/mol. The number of anilines is 1. The minimum atomic E-state index is 0.774. The Bertz CT molecular complexity index is 1360. The highest BCUT2D eigenvalue weighted by Crippen LogP contribution is 2.32. The van der Waals surface area contributed by atoms with E-state index in [-0.39, 0.29) is 0 Å². The van der Waals surface area contributed by atoms with Gasteiger partial charge in [0.25, 0.3) is 0 Å². The van der Waals surface area contributed by atoms with E-state index in [0.29, 0.717) is 0 Å². The number of hydrogen-bond donors (Lipinski definition) is 1. The molecule has 0 unspecified atom stereocenters. The first-order chi connectivity index (χ1) is 16.7. The van der Waals surface area contributed by atoms with Gasteiger partial charge in [-0.2, -0.15) is 0 Å². The summed E-state index contributed by atoms with van der Waals surface area (Å²) in [6.07, 6.45) is 9.20. The Balaban J connectivity index is 1.42. The highest BCUT2D eigenvalue weighted by molar-refractivity contribution is 8.00. The minimum Gasteiger partial charge on any atom is -0.327 e. The van der Waals surface area contributed by atoms with E-state index in [1.807, 2.05) is 6.07 Å². The van der Waals surface area contributed by atoms with Crippen molar-refractivity contribution in [2.75, 3.05) is 10.5 Å². The minimum absolute atomic E-state index is 0.774. The van der Waals surface area contributed by atoms with Crippen LogP contribution in [0, 0.1) is 6.92 Å². The molecule has 34 heavy (non-hydrogen) atoms. The van der Waals surface area contributed by atoms with E-state index < -0.39 is 0 Å². The lowest BCUT2D eigenvalue weighted by atomic mass is 10.0. The molecule has 5 rings (SSSR count). The predicted octanol–water partition coefficient (Wildman–Crippen LogP) is 6.15. The Morgan fingerprint density at radius 2 is 1.79 bits per heavy atom. The first-order valence-corrected chi connectivity index (χ1v) is 12.9. The molecule has 1 aliphatic carbocycles. The maximum absolute atomic E-state index is 4.68. The molecule has 0 spiro atoms. The lowest BCUT2D eigenvalue weighted by Gasteiger charge is -2.18. The van der Waals surface area contributed by atoms with Crippen molar-refractivity contribution in [3.63, 3.8) is 0 Å². The molecule has 1 N–H and O–H groups in total. The Labute approximate surface area is 204 Å². The fourth-order valence-corrected chi connectivity index (χ4v) is 5.25. The van der Waals surface area contributed by atoms with E-state index in [0.717, 1.165) is 54.7 Å². The summed E-state index contributed by atoms with van der Waals surface area (Å²) in [7, 11) is 0. The molecule has 174 valence electrons. The smallest absolute Gasteiger partial charge is 0.239 e. The third-order valence-electron chi connectivity index (χ3n) is 6.34. The van der Waals surface area contributed by atoms with Gasteiger partial charge in [-0.15, -0.1) is 10.2 Å². The van der Waals surface area contributed by atoms with Gasteiger partial charge in [-0.25, -0.2) is 4.98 Å². The van der Waals surface area contributed by atoms with Crippen molar-refractivity contribution in [1.29, 1.82) is 0 Å². The zero-order chi connectivity index (χ0) is 23.5. The molecule has 0 saturated heterocycles. The summed E-state index contributed by atoms with van der Waals surface area (Å²) >= 11 is 1.66. The molecule has 2 heterocycles. The molecule has 7 heteroatoms. The van der Waals surface area contributed by atoms with Crippen molar-refractivity contribution in [3.05, 3.63) is 83.5 Å². The van der Waals surface area contributed by atoms with Gasteiger partial charge < -0.3 is 4.57 Å². The zero-order valence-electron chi connectivity index (χ0n) is 20.0. The standard InChI is InChI=1S/C27H30N6S/c1-4-20-13-10-14-21(5-2)25(20)33-26(22-11-6-7-12-22)29-30-27(33)31-34-18-17-32-19(3)28-23-15-8-9-16-24(23)32/h6-11,13-16H,4-5,12,17-18H2,1-3H3,(H,30,31). The van der Waals surface area contributed by atoms with Crippen LogP contribution in [0.15, 0.2) is 60.7 Å². The third-order valence-corrected chi connectivity index (χ3v) is 7.05. The van der Waals surface area contributed by atoms with Crippen molar-refractivity contribution in [2.45, 2.75) is 46.6 Å². The Morgan fingerprint density at radius 3 is 2.53 bits per heavy atom. The number of aryl methyl sites for hydroxylation is 4. The van der Waals surface area contributed by atoms with Crippen LogP contribution >= 0.6 is 11.9 Å². The lowest BCUT2D eigenvalue weighted by molar-refractivity contribution is 0.762. The number of allylic oxidation sites excluding steroid dienone is 4. The molecule has 0 saturated carbocycles. The van der Waals surface area contributed by atoms with Gasteiger partial charge in [0, 0.05) is 17.9 Å². The summed E-state index contributed by atoms with van der Waals surface area (Å²) in [6.45, 7) is 7.35. The number of benzene rings is 2. The number of fused-ring (bicyclic) bond motifs is 1. The first-order valence-electron chi connectivity index (χ1n) is 11.9. The van der Waals surface area contributed by atoms with E-state index in [2.05, 4.69) is 104 Å². The van der Waals surface area contributed by atoms with E-state index in [4.69, 9.17) is 0 Å². The number of hydrogen-bond acceptors (Lipinski definition) is 5. The van der Waals surface area contributed by atoms with Crippen LogP contribution in [-0.2, 0) is 19.4 Å². The van der Waals surface area contributed by atoms with Gasteiger partial charge in [0.15, 0.2) is 5.82 Å². The number of para-hydroxylation sites is 3. The predicted molar refractivity (Wildman–Crippen MR) is 142 cm³/mol. The molecule has 0 bridgehead atoms. The van der Waals surface area contributed by atoms with Crippen molar-refractivity contribution in [1.82, 2.24) is 24.3 Å². The van der Waals surface area contributed by atoms with Crippen molar-refractivity contribution in [3.8, 4) is 5.69 Å². The van der Waals surface area contributed by atoms with Gasteiger partial charge in [-0.05, 0) is 61.4 Å². The van der Waals surface area contributed by atoms with Gasteiger partial charge in [-0.3, -0.25) is 9.29 Å². The molecule has 0 fully saturated rings. The van der Waals surface area contributed by atoms with Gasteiger partial charge in [0.1, 0.15) is 5.82 Å². The van der Waals surface area contributed by atoms with E-state index in [1.165, 1.54) is 27.9 Å². The third kappa shape index (κ3) is 4.16. The molecule has 1 aliphatic rings. The number of aromatic nitrogens is 5. The van der Waals surface area contributed by atoms with Crippen LogP contribution < -0.4 is 4.72 Å². The number of nitrogens with zero attached hydrogens (tertiary/aromatic N) is 5. The number of imidazole rings is 1. The molecule has 4 aromatic rings. The molecular formula is C27H30N6S. The van der Waals surface area contributed by atoms with Gasteiger partial charge >= 0.3 is 0 Å². The summed E-state index contributed by atoms with van der Waals surface area (Å²) in [6, 6.07) is 14.9. The molecule has 6 nitrogen and oxygen atoms in total. The second-order valence-corrected chi connectivity index (χ2v) is 9.29. The van der Waals surface area contributed by atoms with Crippen LogP contribution in [0.4, 0.5) is 5.95 Å². The Morgan fingerprint density at radius 1 is 1.00 bits per heavy atom. The summed E-state index contributed by atoms with van der Waals surface area (Å²) in [4.78, 5) is 4.68. The van der Waals surface area contributed by atoms with Gasteiger partial charge in [-0.1, -0.05) is 62.4 Å². The van der Waals surface area contributed by atoms with Crippen LogP contribution in [0.1, 0.15) is 43.0 Å². The van der Waals surface area contributed by atoms with E-state index >= 15 is 0 Å². The quantitative estimate of drug-likeness (QED) is 0.235. The monoisotopic (exact) mass is 470 g/mol. The summed E-state index contributed by atoms with van der Waals surface area (Å²) < 4.78 is 8.01. The van der Waals surface area contributed by atoms with Crippen LogP contribution in [0.3, 0.4) is 0 Å². The molecule has 0 radical (unpaired) electrons. The average Bonchev–Trinajstić information content (AvgIpc) is 3.60. The van der Waals surface area contributed by atoms with Crippen LogP contribution in [0.5, 0.6) is 0 Å². The fourth-order valence-electron chi connectivity index (χ4n) is 4.62. The zero-order valence-corrected chi connectivity index (χ0v) is 20.8. The molecule has 0 atom stereocenters. The van der Waals surface area contributed by atoms with Gasteiger partial charge in [0.05, 0.1) is 16.7 Å². The topological polar surface area (TPSA) is 60.6 Å². The fraction of sp³-hybridized carbons (Fsp3) is 0.296. The van der Waals surface area contributed by atoms with Crippen LogP contribution in [0.25, 0.3) is 22.3 Å². The highest BCUT2D eigenvalue weighted by Gasteiger charge is 2.21. The summed E-state index contributed by atoms with van der Waals surface area (Å²) in [5, 5.41) is 9.21. The maximum atomic E-state index is 4.68. The van der Waals surface area contributed by atoms with E-state index in [9.17, 15) is 0 Å². The molecule has 0 amide bonds. The summed E-state index contributed by atoms with van der Waals surface area (Å²) in [5.74, 6) is 3.61. The summed E-state index contributed by atoms with van der Waals surface area (Å²) in [5.41, 5.74) is 7.24. The van der Waals surface area contributed by atoms with Crippen molar-refractivity contribution in [2.24, 2.45) is 0 Å². The Kier molecular flexibility index (Phi) is 6.54. The van der Waals surface area contributed by atoms with E-state index in [1.54, 1.807) is 11.9 Å². The number of rotatable bonds is 9. The first kappa shape index (κ1) is 22.5. The molecule has 0 aliphatic heterocycles.